The molecule has 9 heteroatoms. The molecule has 0 bridgehead atoms. The van der Waals surface area contributed by atoms with Crippen molar-refractivity contribution in [2.45, 2.75) is 182 Å². The molecule has 0 aromatic rings. The molecule has 0 saturated carbocycles. The van der Waals surface area contributed by atoms with E-state index < -0.39 is 35.5 Å². The summed E-state index contributed by atoms with van der Waals surface area (Å²) in [6.45, 7) is 19.7. The Balaban J connectivity index is 1.77. The van der Waals surface area contributed by atoms with Crippen molar-refractivity contribution < 1.29 is 44.6 Å². The van der Waals surface area contributed by atoms with Crippen LogP contribution in [-0.2, 0) is 19.1 Å². The van der Waals surface area contributed by atoms with Gasteiger partial charge >= 0.3 is 5.97 Å². The molecule has 1 unspecified atom stereocenters. The second-order valence-electron chi connectivity index (χ2n) is 17.1. The van der Waals surface area contributed by atoms with Gasteiger partial charge in [0, 0.05) is 36.2 Å². The first-order valence-corrected chi connectivity index (χ1v) is 19.4. The van der Waals surface area contributed by atoms with E-state index in [0.29, 0.717) is 25.7 Å². The summed E-state index contributed by atoms with van der Waals surface area (Å²) in [6.07, 6.45) is 10.8. The maximum Gasteiger partial charge on any atom is 0.303 e. The standard InChI is InChI=1S/C41H72O9/c1-25(21-29(5)34(43)24-35(44)30(6)22-27(3)20-26(2)14-15-38(46)47)12-11-13-28(4)39(48)31(7)36(45)23-33-16-18-41(10,49-33)37-17-19-40(9,50-37)32(8)42/h11,13,24-33,36-37,39,42-43,45,48H,12,14-23H2,1-10H3,(H,46,47)/b13-11+,34-24-/t25-,26-,27+,28-,29-,30+,31+,32-,33+,36+,37-,39?,40+,41+/m1/s1. The molecule has 2 aliphatic rings. The topological polar surface area (TPSA) is 154 Å². The predicted molar refractivity (Wildman–Crippen MR) is 198 cm³/mol. The number of carboxylic acid groups (broad SMARTS) is 1. The Labute approximate surface area is 302 Å². The molecule has 0 aromatic carbocycles. The summed E-state index contributed by atoms with van der Waals surface area (Å²) < 4.78 is 12.7. The summed E-state index contributed by atoms with van der Waals surface area (Å²) in [4.78, 5) is 23.7. The minimum Gasteiger partial charge on any atom is -0.512 e. The monoisotopic (exact) mass is 709 g/mol. The average Bonchev–Trinajstić information content (AvgIpc) is 3.63. The number of ketones is 1. The number of rotatable bonds is 22. The molecule has 0 aliphatic carbocycles. The second kappa shape index (κ2) is 19.9. The fourth-order valence-corrected chi connectivity index (χ4v) is 8.02. The second-order valence-corrected chi connectivity index (χ2v) is 17.1. The molecule has 50 heavy (non-hydrogen) atoms. The molecule has 5 N–H and O–H groups in total. The predicted octanol–water partition coefficient (Wildman–Crippen LogP) is 7.80. The van der Waals surface area contributed by atoms with Crippen molar-refractivity contribution in [1.82, 2.24) is 0 Å². The van der Waals surface area contributed by atoms with E-state index in [4.69, 9.17) is 14.6 Å². The Bertz CT molecular complexity index is 1120. The van der Waals surface area contributed by atoms with Gasteiger partial charge in [0.1, 0.15) is 0 Å². The van der Waals surface area contributed by atoms with Gasteiger partial charge < -0.3 is 35.0 Å². The smallest absolute Gasteiger partial charge is 0.303 e. The molecule has 2 heterocycles. The van der Waals surface area contributed by atoms with Gasteiger partial charge in [-0.15, -0.1) is 0 Å². The van der Waals surface area contributed by atoms with E-state index in [1.807, 2.05) is 40.7 Å². The number of hydrogen-bond acceptors (Lipinski definition) is 8. The van der Waals surface area contributed by atoms with Gasteiger partial charge in [-0.05, 0) is 103 Å². The SMILES string of the molecule is C[C@H](CCC(=O)O)C[C@H](C)C[C@H](C)C(=O)/C=C(\O)[C@H](C)C[C@H](C)C/C=C/[C@@H](C)C(O)[C@@H](C)[C@@H](O)C[C@@H]1CC[C@@](C)([C@H]2CC[C@@](C)([C@@H](C)O)O2)O1. The highest BCUT2D eigenvalue weighted by Crippen LogP contribution is 2.45. The lowest BCUT2D eigenvalue weighted by Gasteiger charge is -2.35. The minimum atomic E-state index is -0.781. The number of carbonyl (C=O) groups excluding carboxylic acids is 1. The third kappa shape index (κ3) is 13.6. The van der Waals surface area contributed by atoms with Crippen molar-refractivity contribution in [1.29, 1.82) is 0 Å². The van der Waals surface area contributed by atoms with Crippen molar-refractivity contribution in [3.8, 4) is 0 Å². The molecular formula is C41H72O9. The molecule has 0 spiro atoms. The maximum atomic E-state index is 12.8. The number of ether oxygens (including phenoxy) is 2. The molecule has 0 radical (unpaired) electrons. The molecule has 14 atom stereocenters. The lowest BCUT2D eigenvalue weighted by Crippen LogP contribution is -2.44. The van der Waals surface area contributed by atoms with Crippen molar-refractivity contribution in [2.75, 3.05) is 0 Å². The van der Waals surface area contributed by atoms with E-state index in [9.17, 15) is 30.0 Å². The fraction of sp³-hybridized carbons (Fsp3) is 0.854. The molecule has 2 rings (SSSR count). The van der Waals surface area contributed by atoms with E-state index in [2.05, 4.69) is 33.8 Å². The van der Waals surface area contributed by atoms with Crippen LogP contribution in [0, 0.1) is 41.4 Å². The number of aliphatic hydroxyl groups excluding tert-OH is 4. The van der Waals surface area contributed by atoms with Crippen LogP contribution in [0.4, 0.5) is 0 Å². The van der Waals surface area contributed by atoms with Crippen LogP contribution in [0.2, 0.25) is 0 Å². The van der Waals surface area contributed by atoms with Crippen molar-refractivity contribution in [2.24, 2.45) is 41.4 Å². The Morgan fingerprint density at radius 2 is 1.46 bits per heavy atom. The Morgan fingerprint density at radius 1 is 0.820 bits per heavy atom. The van der Waals surface area contributed by atoms with Gasteiger partial charge in [0.15, 0.2) is 5.78 Å². The highest BCUT2D eigenvalue weighted by atomic mass is 16.6. The highest BCUT2D eigenvalue weighted by molar-refractivity contribution is 5.91. The number of aliphatic carboxylic acids is 1. The van der Waals surface area contributed by atoms with E-state index >= 15 is 0 Å². The first kappa shape index (κ1) is 44.4. The van der Waals surface area contributed by atoms with Crippen LogP contribution in [0.5, 0.6) is 0 Å². The molecular weight excluding hydrogens is 636 g/mol. The third-order valence-electron chi connectivity index (χ3n) is 11.9. The molecule has 9 nitrogen and oxygen atoms in total. The Hall–Kier alpha value is -1.78. The molecule has 2 saturated heterocycles. The van der Waals surface area contributed by atoms with E-state index in [0.717, 1.165) is 38.5 Å². The Morgan fingerprint density at radius 3 is 2.06 bits per heavy atom. The van der Waals surface area contributed by atoms with Crippen molar-refractivity contribution in [3.05, 3.63) is 24.0 Å². The quantitative estimate of drug-likeness (QED) is 0.0431. The first-order valence-electron chi connectivity index (χ1n) is 19.4. The highest BCUT2D eigenvalue weighted by Gasteiger charge is 2.51. The van der Waals surface area contributed by atoms with Gasteiger partial charge in [0.2, 0.25) is 0 Å². The fourth-order valence-electron chi connectivity index (χ4n) is 8.02. The largest absolute Gasteiger partial charge is 0.512 e. The zero-order valence-electron chi connectivity index (χ0n) is 32.8. The summed E-state index contributed by atoms with van der Waals surface area (Å²) in [7, 11) is 0. The molecule has 2 aliphatic heterocycles. The van der Waals surface area contributed by atoms with Gasteiger partial charge in [-0.3, -0.25) is 9.59 Å². The zero-order valence-corrected chi connectivity index (χ0v) is 32.8. The van der Waals surface area contributed by atoms with Gasteiger partial charge in [-0.2, -0.15) is 0 Å². The van der Waals surface area contributed by atoms with Crippen LogP contribution in [0.25, 0.3) is 0 Å². The van der Waals surface area contributed by atoms with Gasteiger partial charge in [0.05, 0.1) is 47.5 Å². The number of hydrogen-bond donors (Lipinski definition) is 5. The number of aliphatic hydroxyl groups is 4. The van der Waals surface area contributed by atoms with Crippen LogP contribution in [0.15, 0.2) is 24.0 Å². The molecule has 0 aromatic heterocycles. The molecule has 0 amide bonds. The summed E-state index contributed by atoms with van der Waals surface area (Å²) in [5.41, 5.74) is -1.01. The maximum absolute atomic E-state index is 12.8. The molecule has 2 fully saturated rings. The minimum absolute atomic E-state index is 0.0809. The number of allylic oxidation sites excluding steroid dienone is 3. The van der Waals surface area contributed by atoms with Crippen LogP contribution in [0.1, 0.15) is 140 Å². The van der Waals surface area contributed by atoms with E-state index in [1.165, 1.54) is 6.08 Å². The number of carbonyl (C=O) groups is 2. The lowest BCUT2D eigenvalue weighted by molar-refractivity contribution is -0.172. The normalized spacial score (nSPS) is 30.7. The summed E-state index contributed by atoms with van der Waals surface area (Å²) >= 11 is 0. The third-order valence-corrected chi connectivity index (χ3v) is 11.9. The summed E-state index contributed by atoms with van der Waals surface area (Å²) in [6, 6.07) is 0. The van der Waals surface area contributed by atoms with Crippen LogP contribution >= 0.6 is 0 Å². The van der Waals surface area contributed by atoms with Crippen molar-refractivity contribution >= 4 is 11.8 Å². The van der Waals surface area contributed by atoms with Gasteiger partial charge in [-0.25, -0.2) is 0 Å². The van der Waals surface area contributed by atoms with Crippen LogP contribution in [0.3, 0.4) is 0 Å². The van der Waals surface area contributed by atoms with E-state index in [-0.39, 0.29) is 71.6 Å². The van der Waals surface area contributed by atoms with Crippen LogP contribution in [-0.4, -0.2) is 79.0 Å². The summed E-state index contributed by atoms with van der Waals surface area (Å²) in [5.74, 6) is -0.810. The van der Waals surface area contributed by atoms with E-state index in [1.54, 1.807) is 6.92 Å². The van der Waals surface area contributed by atoms with Crippen molar-refractivity contribution in [3.63, 3.8) is 0 Å². The summed E-state index contributed by atoms with van der Waals surface area (Å²) in [5, 5.41) is 51.9. The Kier molecular flexibility index (Phi) is 17.7. The van der Waals surface area contributed by atoms with Crippen LogP contribution < -0.4 is 0 Å². The average molecular weight is 709 g/mol. The van der Waals surface area contributed by atoms with Gasteiger partial charge in [-0.1, -0.05) is 60.6 Å². The lowest BCUT2D eigenvalue weighted by atomic mass is 9.85. The number of carboxylic acids is 1. The molecule has 290 valence electrons. The first-order chi connectivity index (χ1) is 23.2. The zero-order chi connectivity index (χ0) is 38.0. The van der Waals surface area contributed by atoms with Gasteiger partial charge in [0.25, 0.3) is 0 Å².